The van der Waals surface area contributed by atoms with Crippen LogP contribution in [0.2, 0.25) is 0 Å². The second kappa shape index (κ2) is 9.21. The molecule has 2 aromatic carbocycles. The van der Waals surface area contributed by atoms with E-state index in [9.17, 15) is 9.90 Å². The summed E-state index contributed by atoms with van der Waals surface area (Å²) in [6.45, 7) is 5.52. The van der Waals surface area contributed by atoms with E-state index >= 15 is 0 Å². The highest BCUT2D eigenvalue weighted by molar-refractivity contribution is 5.83. The molecule has 0 aliphatic heterocycles. The van der Waals surface area contributed by atoms with E-state index in [1.165, 1.54) is 0 Å². The molecule has 24 heavy (non-hydrogen) atoms. The second-order valence-electron chi connectivity index (χ2n) is 5.69. The highest BCUT2D eigenvalue weighted by Crippen LogP contribution is 2.22. The molecule has 4 nitrogen and oxygen atoms in total. The van der Waals surface area contributed by atoms with Crippen LogP contribution in [0.5, 0.6) is 0 Å². The molecular weight excluding hydrogens is 300 g/mol. The third-order valence-electron chi connectivity index (χ3n) is 4.24. The zero-order chi connectivity index (χ0) is 17.4. The Bertz CT molecular complexity index is 612. The highest BCUT2D eigenvalue weighted by atomic mass is 16.3. The largest absolute Gasteiger partial charge is 0.394 e. The average Bonchev–Trinajstić information content (AvgIpc) is 2.65. The van der Waals surface area contributed by atoms with E-state index in [1.54, 1.807) is 0 Å². The number of nitrogens with one attached hydrogen (secondary N) is 1. The Kier molecular flexibility index (Phi) is 6.97. The predicted molar refractivity (Wildman–Crippen MR) is 96.5 cm³/mol. The van der Waals surface area contributed by atoms with Gasteiger partial charge in [-0.3, -0.25) is 9.69 Å². The van der Waals surface area contributed by atoms with Gasteiger partial charge in [-0.2, -0.15) is 0 Å². The molecule has 2 aromatic rings. The molecule has 4 heteroatoms. The predicted octanol–water partition coefficient (Wildman–Crippen LogP) is 2.92. The summed E-state index contributed by atoms with van der Waals surface area (Å²) in [5, 5.41) is 12.7. The quantitative estimate of drug-likeness (QED) is 0.784. The Morgan fingerprint density at radius 1 is 0.958 bits per heavy atom. The van der Waals surface area contributed by atoms with Crippen molar-refractivity contribution in [2.75, 3.05) is 19.7 Å². The molecule has 0 heterocycles. The Morgan fingerprint density at radius 3 is 1.92 bits per heavy atom. The molecule has 0 aliphatic rings. The van der Waals surface area contributed by atoms with Crippen LogP contribution >= 0.6 is 0 Å². The maximum absolute atomic E-state index is 13.0. The van der Waals surface area contributed by atoms with E-state index in [2.05, 4.69) is 10.2 Å². The number of aliphatic hydroxyl groups is 1. The van der Waals surface area contributed by atoms with Crippen molar-refractivity contribution < 1.29 is 9.90 Å². The number of aliphatic hydroxyl groups excluding tert-OH is 1. The van der Waals surface area contributed by atoms with Gasteiger partial charge in [0.05, 0.1) is 12.6 Å². The molecule has 2 rings (SSSR count). The molecule has 128 valence electrons. The lowest BCUT2D eigenvalue weighted by atomic mass is 10.0. The van der Waals surface area contributed by atoms with Crippen LogP contribution in [0.3, 0.4) is 0 Å². The van der Waals surface area contributed by atoms with Crippen LogP contribution in [0.1, 0.15) is 37.1 Å². The van der Waals surface area contributed by atoms with Gasteiger partial charge in [0.25, 0.3) is 0 Å². The van der Waals surface area contributed by atoms with Crippen LogP contribution in [0.25, 0.3) is 0 Å². The molecule has 0 spiro atoms. The van der Waals surface area contributed by atoms with Crippen LogP contribution in [0, 0.1) is 0 Å². The first-order chi connectivity index (χ1) is 11.7. The van der Waals surface area contributed by atoms with Crippen molar-refractivity contribution >= 4 is 5.91 Å². The summed E-state index contributed by atoms with van der Waals surface area (Å²) >= 11 is 0. The SMILES string of the molecule is CCN(CC)C(C(=O)N[C@H](CO)c1ccccc1)c1ccccc1. The van der Waals surface area contributed by atoms with Gasteiger partial charge in [0.2, 0.25) is 5.91 Å². The normalized spacial score (nSPS) is 13.5. The van der Waals surface area contributed by atoms with Crippen molar-refractivity contribution in [3.05, 3.63) is 71.8 Å². The van der Waals surface area contributed by atoms with E-state index in [4.69, 9.17) is 0 Å². The summed E-state index contributed by atoms with van der Waals surface area (Å²) in [6.07, 6.45) is 0. The summed E-state index contributed by atoms with van der Waals surface area (Å²) in [5.74, 6) is -0.0900. The monoisotopic (exact) mass is 326 g/mol. The van der Waals surface area contributed by atoms with Crippen molar-refractivity contribution in [3.63, 3.8) is 0 Å². The molecule has 0 saturated carbocycles. The zero-order valence-electron chi connectivity index (χ0n) is 14.4. The van der Waals surface area contributed by atoms with E-state index < -0.39 is 6.04 Å². The number of carbonyl (C=O) groups is 1. The van der Waals surface area contributed by atoms with Gasteiger partial charge in [0.15, 0.2) is 0 Å². The molecular formula is C20H26N2O2. The second-order valence-corrected chi connectivity index (χ2v) is 5.69. The molecule has 0 fully saturated rings. The number of likely N-dealkylation sites (N-methyl/N-ethyl adjacent to an activating group) is 1. The number of benzene rings is 2. The van der Waals surface area contributed by atoms with Crippen LogP contribution in [-0.4, -0.2) is 35.6 Å². The minimum atomic E-state index is -0.402. The van der Waals surface area contributed by atoms with Gasteiger partial charge in [-0.05, 0) is 24.2 Å². The van der Waals surface area contributed by atoms with Crippen molar-refractivity contribution in [3.8, 4) is 0 Å². The molecule has 1 amide bonds. The number of nitrogens with zero attached hydrogens (tertiary/aromatic N) is 1. The lowest BCUT2D eigenvalue weighted by molar-refractivity contribution is -0.127. The van der Waals surface area contributed by atoms with E-state index in [0.717, 1.165) is 24.2 Å². The van der Waals surface area contributed by atoms with Gasteiger partial charge in [0, 0.05) is 0 Å². The number of rotatable bonds is 8. The minimum Gasteiger partial charge on any atom is -0.394 e. The van der Waals surface area contributed by atoms with Crippen molar-refractivity contribution in [1.82, 2.24) is 10.2 Å². The number of hydrogen-bond acceptors (Lipinski definition) is 3. The smallest absolute Gasteiger partial charge is 0.242 e. The fourth-order valence-electron chi connectivity index (χ4n) is 2.92. The summed E-state index contributed by atoms with van der Waals surface area (Å²) in [5.41, 5.74) is 1.86. The van der Waals surface area contributed by atoms with Gasteiger partial charge in [0.1, 0.15) is 6.04 Å². The van der Waals surface area contributed by atoms with Crippen molar-refractivity contribution in [2.45, 2.75) is 25.9 Å². The van der Waals surface area contributed by atoms with Crippen LogP contribution in [0.15, 0.2) is 60.7 Å². The number of hydrogen-bond donors (Lipinski definition) is 2. The lowest BCUT2D eigenvalue weighted by Crippen LogP contribution is -2.42. The summed E-state index contributed by atoms with van der Waals surface area (Å²) < 4.78 is 0. The van der Waals surface area contributed by atoms with Crippen molar-refractivity contribution in [2.24, 2.45) is 0 Å². The number of amides is 1. The van der Waals surface area contributed by atoms with Crippen LogP contribution in [0.4, 0.5) is 0 Å². The first-order valence-electron chi connectivity index (χ1n) is 8.46. The molecule has 0 aliphatic carbocycles. The topological polar surface area (TPSA) is 52.6 Å². The Morgan fingerprint density at radius 2 is 1.46 bits per heavy atom. The van der Waals surface area contributed by atoms with E-state index in [1.807, 2.05) is 74.5 Å². The summed E-state index contributed by atoms with van der Waals surface area (Å²) in [7, 11) is 0. The minimum absolute atomic E-state index is 0.0900. The zero-order valence-corrected chi connectivity index (χ0v) is 14.4. The van der Waals surface area contributed by atoms with Crippen LogP contribution < -0.4 is 5.32 Å². The van der Waals surface area contributed by atoms with Gasteiger partial charge < -0.3 is 10.4 Å². The molecule has 0 radical (unpaired) electrons. The number of carbonyl (C=O) groups excluding carboxylic acids is 1. The van der Waals surface area contributed by atoms with E-state index in [-0.39, 0.29) is 18.6 Å². The molecule has 0 aromatic heterocycles. The fraction of sp³-hybridized carbons (Fsp3) is 0.350. The molecule has 0 saturated heterocycles. The highest BCUT2D eigenvalue weighted by Gasteiger charge is 2.27. The maximum Gasteiger partial charge on any atom is 0.242 e. The lowest BCUT2D eigenvalue weighted by Gasteiger charge is -2.30. The summed E-state index contributed by atoms with van der Waals surface area (Å²) in [6, 6.07) is 18.6. The molecule has 2 N–H and O–H groups in total. The molecule has 2 atom stereocenters. The first-order valence-corrected chi connectivity index (χ1v) is 8.46. The molecule has 1 unspecified atom stereocenters. The van der Waals surface area contributed by atoms with Crippen molar-refractivity contribution in [1.29, 1.82) is 0 Å². The van der Waals surface area contributed by atoms with Gasteiger partial charge in [-0.25, -0.2) is 0 Å². The first kappa shape index (κ1) is 18.2. The van der Waals surface area contributed by atoms with Gasteiger partial charge in [-0.1, -0.05) is 74.5 Å². The summed E-state index contributed by atoms with van der Waals surface area (Å²) in [4.78, 5) is 15.1. The fourth-order valence-corrected chi connectivity index (χ4v) is 2.92. The van der Waals surface area contributed by atoms with Gasteiger partial charge in [-0.15, -0.1) is 0 Å². The Labute approximate surface area is 144 Å². The molecule has 0 bridgehead atoms. The average molecular weight is 326 g/mol. The Hall–Kier alpha value is -2.17. The van der Waals surface area contributed by atoms with Gasteiger partial charge >= 0.3 is 0 Å². The maximum atomic E-state index is 13.0. The van der Waals surface area contributed by atoms with E-state index in [0.29, 0.717) is 0 Å². The third-order valence-corrected chi connectivity index (χ3v) is 4.24. The standard InChI is InChI=1S/C20H26N2O2/c1-3-22(4-2)19(17-13-9-6-10-14-17)20(24)21-18(15-23)16-11-7-5-8-12-16/h5-14,18-19,23H,3-4,15H2,1-2H3,(H,21,24)/t18-,19?/m1/s1. The Balaban J connectivity index is 2.24. The third kappa shape index (κ3) is 4.43. The van der Waals surface area contributed by atoms with Crippen LogP contribution in [-0.2, 0) is 4.79 Å².